The van der Waals surface area contributed by atoms with Gasteiger partial charge in [0.25, 0.3) is 0 Å². The number of rotatable bonds is 2. The standard InChI is InChI=1S/C24H21NO3/c1-14-3-5-16(6-4-14)20-13-27-23-12-18(26)8-9-19(23)24(20)17-7-10-22-21(11-17)25-15(2)28-22/h3-12,20,24,26H,13H2,1-2H3. The fourth-order valence-electron chi connectivity index (χ4n) is 4.16. The maximum atomic E-state index is 9.90. The first kappa shape index (κ1) is 16.9. The fraction of sp³-hybridized carbons (Fsp3) is 0.208. The highest BCUT2D eigenvalue weighted by Crippen LogP contribution is 2.47. The van der Waals surface area contributed by atoms with E-state index in [4.69, 9.17) is 9.15 Å². The van der Waals surface area contributed by atoms with Gasteiger partial charge in [0.1, 0.15) is 17.0 Å². The largest absolute Gasteiger partial charge is 0.508 e. The summed E-state index contributed by atoms with van der Waals surface area (Å²) in [5.74, 6) is 1.90. The van der Waals surface area contributed by atoms with Crippen molar-refractivity contribution < 1.29 is 14.3 Å². The molecular weight excluding hydrogens is 350 g/mol. The Bertz CT molecular complexity index is 1160. The van der Waals surface area contributed by atoms with Crippen molar-refractivity contribution in [2.75, 3.05) is 6.61 Å². The average Bonchev–Trinajstić information content (AvgIpc) is 3.07. The molecule has 0 bridgehead atoms. The number of aryl methyl sites for hydroxylation is 2. The Morgan fingerprint density at radius 3 is 2.54 bits per heavy atom. The fourth-order valence-corrected chi connectivity index (χ4v) is 4.16. The van der Waals surface area contributed by atoms with E-state index in [9.17, 15) is 5.11 Å². The molecule has 1 aromatic heterocycles. The Hall–Kier alpha value is -3.27. The normalized spacial score (nSPS) is 18.6. The molecule has 2 atom stereocenters. The number of hydrogen-bond donors (Lipinski definition) is 1. The van der Waals surface area contributed by atoms with Gasteiger partial charge in [0.15, 0.2) is 11.5 Å². The summed E-state index contributed by atoms with van der Waals surface area (Å²) in [5.41, 5.74) is 6.39. The summed E-state index contributed by atoms with van der Waals surface area (Å²) in [4.78, 5) is 4.51. The number of fused-ring (bicyclic) bond motifs is 2. The van der Waals surface area contributed by atoms with E-state index in [1.54, 1.807) is 12.1 Å². The maximum absolute atomic E-state index is 9.90. The van der Waals surface area contributed by atoms with Crippen molar-refractivity contribution in [2.45, 2.75) is 25.7 Å². The molecule has 0 spiro atoms. The van der Waals surface area contributed by atoms with Crippen molar-refractivity contribution >= 4 is 11.1 Å². The van der Waals surface area contributed by atoms with Crippen LogP contribution >= 0.6 is 0 Å². The van der Waals surface area contributed by atoms with Crippen molar-refractivity contribution in [1.29, 1.82) is 0 Å². The van der Waals surface area contributed by atoms with Crippen LogP contribution in [-0.4, -0.2) is 16.7 Å². The minimum Gasteiger partial charge on any atom is -0.508 e. The summed E-state index contributed by atoms with van der Waals surface area (Å²) < 4.78 is 11.7. The summed E-state index contributed by atoms with van der Waals surface area (Å²) >= 11 is 0. The Kier molecular flexibility index (Phi) is 3.86. The Balaban J connectivity index is 1.68. The van der Waals surface area contributed by atoms with Crippen LogP contribution in [0, 0.1) is 13.8 Å². The Morgan fingerprint density at radius 2 is 1.71 bits per heavy atom. The number of aromatic nitrogens is 1. The number of phenols is 1. The second kappa shape index (κ2) is 6.41. The van der Waals surface area contributed by atoms with E-state index in [2.05, 4.69) is 48.3 Å². The molecule has 4 aromatic rings. The highest BCUT2D eigenvalue weighted by molar-refractivity contribution is 5.74. The summed E-state index contributed by atoms with van der Waals surface area (Å²) in [6, 6.07) is 20.3. The number of nitrogens with zero attached hydrogens (tertiary/aromatic N) is 1. The van der Waals surface area contributed by atoms with E-state index in [0.29, 0.717) is 12.5 Å². The molecule has 4 nitrogen and oxygen atoms in total. The van der Waals surface area contributed by atoms with Gasteiger partial charge in [0, 0.05) is 30.4 Å². The van der Waals surface area contributed by atoms with Crippen LogP contribution < -0.4 is 4.74 Å². The monoisotopic (exact) mass is 371 g/mol. The smallest absolute Gasteiger partial charge is 0.192 e. The van der Waals surface area contributed by atoms with Gasteiger partial charge < -0.3 is 14.3 Å². The number of ether oxygens (including phenoxy) is 1. The second-order valence-corrected chi connectivity index (χ2v) is 7.49. The number of hydrogen-bond acceptors (Lipinski definition) is 4. The number of benzene rings is 3. The van der Waals surface area contributed by atoms with Gasteiger partial charge in [-0.2, -0.15) is 0 Å². The molecule has 0 amide bonds. The summed E-state index contributed by atoms with van der Waals surface area (Å²) in [6.45, 7) is 4.51. The summed E-state index contributed by atoms with van der Waals surface area (Å²) in [6.07, 6.45) is 0. The number of oxazole rings is 1. The van der Waals surface area contributed by atoms with Gasteiger partial charge in [-0.3, -0.25) is 0 Å². The van der Waals surface area contributed by atoms with Gasteiger partial charge in [-0.1, -0.05) is 42.0 Å². The second-order valence-electron chi connectivity index (χ2n) is 7.49. The molecule has 4 heteroatoms. The molecule has 0 fully saturated rings. The lowest BCUT2D eigenvalue weighted by atomic mass is 9.75. The van der Waals surface area contributed by atoms with Crippen LogP contribution in [0.1, 0.15) is 40.0 Å². The van der Waals surface area contributed by atoms with Gasteiger partial charge in [0.05, 0.1) is 6.61 Å². The highest BCUT2D eigenvalue weighted by atomic mass is 16.5. The van der Waals surface area contributed by atoms with Gasteiger partial charge in [-0.05, 0) is 36.2 Å². The highest BCUT2D eigenvalue weighted by Gasteiger charge is 2.34. The van der Waals surface area contributed by atoms with Crippen LogP contribution in [0.3, 0.4) is 0 Å². The van der Waals surface area contributed by atoms with Crippen molar-refractivity contribution in [3.8, 4) is 11.5 Å². The molecule has 2 heterocycles. The summed E-state index contributed by atoms with van der Waals surface area (Å²) in [7, 11) is 0. The first-order valence-corrected chi connectivity index (χ1v) is 9.48. The predicted molar refractivity (Wildman–Crippen MR) is 108 cm³/mol. The SMILES string of the molecule is Cc1ccc(C2COc3cc(O)ccc3C2c2ccc3oc(C)nc3c2)cc1. The van der Waals surface area contributed by atoms with Gasteiger partial charge >= 0.3 is 0 Å². The van der Waals surface area contributed by atoms with Crippen molar-refractivity contribution in [3.63, 3.8) is 0 Å². The molecule has 0 saturated heterocycles. The van der Waals surface area contributed by atoms with E-state index < -0.39 is 0 Å². The topological polar surface area (TPSA) is 55.5 Å². The van der Waals surface area contributed by atoms with Gasteiger partial charge in [0.2, 0.25) is 0 Å². The zero-order valence-electron chi connectivity index (χ0n) is 15.8. The van der Waals surface area contributed by atoms with Crippen molar-refractivity contribution in [3.05, 3.63) is 88.8 Å². The lowest BCUT2D eigenvalue weighted by Gasteiger charge is -2.34. The predicted octanol–water partition coefficient (Wildman–Crippen LogP) is 5.46. The molecular formula is C24H21NO3. The molecule has 2 unspecified atom stereocenters. The minimum atomic E-state index is 0.105. The first-order chi connectivity index (χ1) is 13.6. The van der Waals surface area contributed by atoms with Crippen LogP contribution in [0.5, 0.6) is 11.5 Å². The average molecular weight is 371 g/mol. The molecule has 1 aliphatic heterocycles. The van der Waals surface area contributed by atoms with Crippen molar-refractivity contribution in [1.82, 2.24) is 4.98 Å². The summed E-state index contributed by atoms with van der Waals surface area (Å²) in [5, 5.41) is 9.90. The molecule has 1 aliphatic rings. The zero-order valence-corrected chi connectivity index (χ0v) is 15.8. The van der Waals surface area contributed by atoms with E-state index in [1.807, 2.05) is 19.1 Å². The van der Waals surface area contributed by atoms with Crippen LogP contribution in [0.4, 0.5) is 0 Å². The molecule has 0 radical (unpaired) electrons. The third-order valence-electron chi connectivity index (χ3n) is 5.54. The van der Waals surface area contributed by atoms with E-state index in [-0.39, 0.29) is 17.6 Å². The van der Waals surface area contributed by atoms with E-state index >= 15 is 0 Å². The molecule has 0 saturated carbocycles. The van der Waals surface area contributed by atoms with Crippen LogP contribution in [0.25, 0.3) is 11.1 Å². The Labute approximate surface area is 163 Å². The minimum absolute atomic E-state index is 0.105. The van der Waals surface area contributed by atoms with Gasteiger partial charge in [-0.25, -0.2) is 4.98 Å². The molecule has 0 aliphatic carbocycles. The molecule has 3 aromatic carbocycles. The molecule has 28 heavy (non-hydrogen) atoms. The third-order valence-corrected chi connectivity index (χ3v) is 5.54. The lowest BCUT2D eigenvalue weighted by Crippen LogP contribution is -2.25. The lowest BCUT2D eigenvalue weighted by molar-refractivity contribution is 0.248. The molecule has 140 valence electrons. The van der Waals surface area contributed by atoms with Crippen LogP contribution in [0.15, 0.2) is 65.1 Å². The maximum Gasteiger partial charge on any atom is 0.192 e. The Morgan fingerprint density at radius 1 is 0.929 bits per heavy atom. The quantitative estimate of drug-likeness (QED) is 0.508. The van der Waals surface area contributed by atoms with Gasteiger partial charge in [-0.15, -0.1) is 0 Å². The molecule has 5 rings (SSSR count). The number of aromatic hydroxyl groups is 1. The van der Waals surface area contributed by atoms with E-state index in [1.165, 1.54) is 16.7 Å². The zero-order chi connectivity index (χ0) is 19.3. The van der Waals surface area contributed by atoms with Crippen LogP contribution in [-0.2, 0) is 0 Å². The molecule has 1 N–H and O–H groups in total. The van der Waals surface area contributed by atoms with Crippen molar-refractivity contribution in [2.24, 2.45) is 0 Å². The third kappa shape index (κ3) is 2.82. The van der Waals surface area contributed by atoms with E-state index in [0.717, 1.165) is 22.4 Å². The first-order valence-electron chi connectivity index (χ1n) is 9.48. The number of phenolic OH excluding ortho intramolecular Hbond substituents is 1. The van der Waals surface area contributed by atoms with Crippen LogP contribution in [0.2, 0.25) is 0 Å².